The summed E-state index contributed by atoms with van der Waals surface area (Å²) in [5, 5.41) is 10.8. The Bertz CT molecular complexity index is 668. The highest BCUT2D eigenvalue weighted by Crippen LogP contribution is 2.17. The maximum Gasteiger partial charge on any atom is 0.408 e. The van der Waals surface area contributed by atoms with Crippen molar-refractivity contribution in [2.45, 2.75) is 57.4 Å². The van der Waals surface area contributed by atoms with Crippen LogP contribution in [-0.2, 0) is 26.0 Å². The molecule has 1 amide bonds. The van der Waals surface area contributed by atoms with E-state index < -0.39 is 38.9 Å². The van der Waals surface area contributed by atoms with Gasteiger partial charge in [-0.25, -0.2) is 18.0 Å². The average molecular weight is 385 g/mol. The van der Waals surface area contributed by atoms with E-state index in [1.54, 1.807) is 24.3 Å². The minimum atomic E-state index is -3.65. The minimum Gasteiger partial charge on any atom is -0.480 e. The molecule has 0 fully saturated rings. The van der Waals surface area contributed by atoms with E-state index in [0.29, 0.717) is 25.7 Å². The molecule has 1 atom stereocenters. The lowest BCUT2D eigenvalue weighted by Crippen LogP contribution is -2.47. The molecule has 0 heterocycles. The van der Waals surface area contributed by atoms with Crippen molar-refractivity contribution in [3.8, 4) is 0 Å². The molecule has 7 nitrogen and oxygen atoms in total. The van der Waals surface area contributed by atoms with Crippen molar-refractivity contribution < 1.29 is 27.9 Å². The number of hydrogen-bond donors (Lipinski definition) is 2. The Morgan fingerprint density at radius 3 is 2.19 bits per heavy atom. The number of amides is 1. The standard InChI is InChI=1S/C18H27NO6S/c1-3-8-15(9-4-2)26(23,24)13-16(17(20)21)19-18(22)25-12-14-10-6-5-7-11-14/h5-7,10-11,15-16H,3-4,8-9,12-13H2,1-2H3,(H,19,22)(H,20,21)/t16-/m0/s1. The van der Waals surface area contributed by atoms with Gasteiger partial charge in [0.2, 0.25) is 0 Å². The summed E-state index contributed by atoms with van der Waals surface area (Å²) in [6.07, 6.45) is 1.36. The third kappa shape index (κ3) is 7.43. The predicted molar refractivity (Wildman–Crippen MR) is 98.6 cm³/mol. The number of carbonyl (C=O) groups excluding carboxylic acids is 1. The van der Waals surface area contributed by atoms with Crippen LogP contribution in [0.15, 0.2) is 30.3 Å². The van der Waals surface area contributed by atoms with Gasteiger partial charge in [0.25, 0.3) is 0 Å². The summed E-state index contributed by atoms with van der Waals surface area (Å²) >= 11 is 0. The van der Waals surface area contributed by atoms with Crippen molar-refractivity contribution in [1.82, 2.24) is 5.32 Å². The van der Waals surface area contributed by atoms with Crippen LogP contribution in [0.1, 0.15) is 45.1 Å². The number of carbonyl (C=O) groups is 2. The molecule has 0 bridgehead atoms. The molecule has 0 aliphatic carbocycles. The number of sulfone groups is 1. The van der Waals surface area contributed by atoms with Gasteiger partial charge < -0.3 is 15.2 Å². The largest absolute Gasteiger partial charge is 0.480 e. The van der Waals surface area contributed by atoms with Crippen molar-refractivity contribution >= 4 is 21.9 Å². The van der Waals surface area contributed by atoms with Crippen LogP contribution in [0.3, 0.4) is 0 Å². The first-order valence-corrected chi connectivity index (χ1v) is 10.4. The number of rotatable bonds is 11. The first kappa shape index (κ1) is 22.0. The van der Waals surface area contributed by atoms with E-state index in [2.05, 4.69) is 5.32 Å². The molecule has 0 spiro atoms. The van der Waals surface area contributed by atoms with Gasteiger partial charge in [-0.15, -0.1) is 0 Å². The van der Waals surface area contributed by atoms with E-state index in [1.165, 1.54) is 0 Å². The van der Waals surface area contributed by atoms with Gasteiger partial charge in [0, 0.05) is 0 Å². The fourth-order valence-corrected chi connectivity index (χ4v) is 4.75. The Labute approximate surface area is 154 Å². The maximum absolute atomic E-state index is 12.5. The van der Waals surface area contributed by atoms with Gasteiger partial charge in [0.05, 0.1) is 11.0 Å². The summed E-state index contributed by atoms with van der Waals surface area (Å²) in [5.41, 5.74) is 0.744. The quantitative estimate of drug-likeness (QED) is 0.606. The second-order valence-electron chi connectivity index (χ2n) is 6.13. The van der Waals surface area contributed by atoms with E-state index in [1.807, 2.05) is 19.9 Å². The molecule has 0 unspecified atom stereocenters. The van der Waals surface area contributed by atoms with Crippen molar-refractivity contribution in [3.05, 3.63) is 35.9 Å². The number of carboxylic acids is 1. The zero-order valence-electron chi connectivity index (χ0n) is 15.2. The van der Waals surface area contributed by atoms with Crippen LogP contribution in [0.5, 0.6) is 0 Å². The van der Waals surface area contributed by atoms with E-state index in [-0.39, 0.29) is 6.61 Å². The van der Waals surface area contributed by atoms with Crippen molar-refractivity contribution in [2.75, 3.05) is 5.75 Å². The van der Waals surface area contributed by atoms with Gasteiger partial charge in [-0.3, -0.25) is 0 Å². The molecule has 1 rings (SSSR count). The van der Waals surface area contributed by atoms with Gasteiger partial charge >= 0.3 is 12.1 Å². The first-order chi connectivity index (χ1) is 12.3. The lowest BCUT2D eigenvalue weighted by atomic mass is 10.2. The number of hydrogen-bond acceptors (Lipinski definition) is 5. The van der Waals surface area contributed by atoms with Crippen LogP contribution in [0.25, 0.3) is 0 Å². The molecule has 0 saturated heterocycles. The number of ether oxygens (including phenoxy) is 1. The Morgan fingerprint density at radius 2 is 1.69 bits per heavy atom. The summed E-state index contributed by atoms with van der Waals surface area (Å²) in [4.78, 5) is 23.2. The van der Waals surface area contributed by atoms with E-state index >= 15 is 0 Å². The summed E-state index contributed by atoms with van der Waals surface area (Å²) < 4.78 is 30.0. The fourth-order valence-electron chi connectivity index (χ4n) is 2.60. The zero-order valence-corrected chi connectivity index (χ0v) is 16.0. The number of carboxylic acid groups (broad SMARTS) is 1. The third-order valence-electron chi connectivity index (χ3n) is 3.93. The first-order valence-electron chi connectivity index (χ1n) is 8.71. The van der Waals surface area contributed by atoms with E-state index in [9.17, 15) is 23.1 Å². The summed E-state index contributed by atoms with van der Waals surface area (Å²) in [6.45, 7) is 3.73. The van der Waals surface area contributed by atoms with E-state index in [4.69, 9.17) is 4.74 Å². The van der Waals surface area contributed by atoms with Gasteiger partial charge in [-0.05, 0) is 18.4 Å². The molecule has 0 saturated carbocycles. The lowest BCUT2D eigenvalue weighted by molar-refractivity contribution is -0.138. The Hall–Kier alpha value is -2.09. The number of alkyl carbamates (subject to hydrolysis) is 1. The molecule has 2 N–H and O–H groups in total. The SMILES string of the molecule is CCCC(CCC)S(=O)(=O)C[C@H](NC(=O)OCc1ccccc1)C(=O)O. The number of nitrogens with one attached hydrogen (secondary N) is 1. The average Bonchev–Trinajstić information content (AvgIpc) is 2.60. The fraction of sp³-hybridized carbons (Fsp3) is 0.556. The molecular weight excluding hydrogens is 358 g/mol. The van der Waals surface area contributed by atoms with Gasteiger partial charge in [0.1, 0.15) is 12.6 Å². The lowest BCUT2D eigenvalue weighted by Gasteiger charge is -2.20. The molecule has 0 aromatic heterocycles. The molecule has 146 valence electrons. The topological polar surface area (TPSA) is 110 Å². The van der Waals surface area contributed by atoms with Crippen molar-refractivity contribution in [3.63, 3.8) is 0 Å². The van der Waals surface area contributed by atoms with Crippen LogP contribution >= 0.6 is 0 Å². The Morgan fingerprint density at radius 1 is 1.12 bits per heavy atom. The second kappa shape index (κ2) is 10.8. The Balaban J connectivity index is 2.69. The molecule has 26 heavy (non-hydrogen) atoms. The maximum atomic E-state index is 12.5. The van der Waals surface area contributed by atoms with Gasteiger partial charge in [0.15, 0.2) is 9.84 Å². The monoisotopic (exact) mass is 385 g/mol. The highest BCUT2D eigenvalue weighted by atomic mass is 32.2. The molecule has 0 aliphatic rings. The normalized spacial score (nSPS) is 12.6. The molecule has 1 aromatic rings. The summed E-state index contributed by atoms with van der Waals surface area (Å²) in [6, 6.07) is 7.35. The molecule has 8 heteroatoms. The van der Waals surface area contributed by atoms with Crippen molar-refractivity contribution in [1.29, 1.82) is 0 Å². The number of benzene rings is 1. The smallest absolute Gasteiger partial charge is 0.408 e. The number of aliphatic carboxylic acids is 1. The second-order valence-corrected chi connectivity index (χ2v) is 8.45. The van der Waals surface area contributed by atoms with Crippen molar-refractivity contribution in [2.24, 2.45) is 0 Å². The highest BCUT2D eigenvalue weighted by Gasteiger charge is 2.32. The summed E-state index contributed by atoms with van der Waals surface area (Å²) in [7, 11) is -3.65. The van der Waals surface area contributed by atoms with Gasteiger partial charge in [-0.2, -0.15) is 0 Å². The van der Waals surface area contributed by atoms with Crippen LogP contribution in [0, 0.1) is 0 Å². The van der Waals surface area contributed by atoms with Gasteiger partial charge in [-0.1, -0.05) is 57.0 Å². The van der Waals surface area contributed by atoms with Crippen LogP contribution < -0.4 is 5.32 Å². The molecular formula is C18H27NO6S. The molecule has 0 aliphatic heterocycles. The minimum absolute atomic E-state index is 0.0277. The highest BCUT2D eigenvalue weighted by molar-refractivity contribution is 7.92. The Kier molecular flexibility index (Phi) is 9.12. The van der Waals surface area contributed by atoms with E-state index in [0.717, 1.165) is 5.56 Å². The van der Waals surface area contributed by atoms with Crippen LogP contribution in [0.4, 0.5) is 4.79 Å². The van der Waals surface area contributed by atoms with Crippen LogP contribution in [-0.4, -0.2) is 42.6 Å². The van der Waals surface area contributed by atoms with Crippen LogP contribution in [0.2, 0.25) is 0 Å². The summed E-state index contributed by atoms with van der Waals surface area (Å²) in [5.74, 6) is -2.05. The predicted octanol–water partition coefficient (Wildman–Crippen LogP) is 2.75. The molecule has 0 radical (unpaired) electrons. The third-order valence-corrected chi connectivity index (χ3v) is 6.22. The molecule has 1 aromatic carbocycles. The zero-order chi connectivity index (χ0) is 19.6.